The maximum Gasteiger partial charge on any atom is 0.153 e. The van der Waals surface area contributed by atoms with Crippen molar-refractivity contribution in [3.8, 4) is 0 Å². The summed E-state index contributed by atoms with van der Waals surface area (Å²) in [6.07, 6.45) is 2.54. The van der Waals surface area contributed by atoms with Crippen LogP contribution in [0, 0.1) is 11.6 Å². The Morgan fingerprint density at radius 1 is 1.19 bits per heavy atom. The number of nitrogens with zero attached hydrogens (tertiary/aromatic N) is 2. The van der Waals surface area contributed by atoms with Crippen molar-refractivity contribution in [1.82, 2.24) is 9.55 Å². The van der Waals surface area contributed by atoms with E-state index < -0.39 is 11.6 Å². The van der Waals surface area contributed by atoms with Gasteiger partial charge in [0.15, 0.2) is 5.82 Å². The van der Waals surface area contributed by atoms with Crippen LogP contribution in [0.2, 0.25) is 0 Å². The zero-order chi connectivity index (χ0) is 15.8. The molecule has 0 amide bonds. The van der Waals surface area contributed by atoms with Crippen LogP contribution in [0.5, 0.6) is 0 Å². The molecular formula is C16H21ClF2N2. The van der Waals surface area contributed by atoms with Gasteiger partial charge in [0.2, 0.25) is 0 Å². The highest BCUT2D eigenvalue weighted by Crippen LogP contribution is 2.38. The van der Waals surface area contributed by atoms with Crippen molar-refractivity contribution >= 4 is 22.6 Å². The zero-order valence-corrected chi connectivity index (χ0v) is 13.6. The second-order valence-electron chi connectivity index (χ2n) is 5.46. The molecule has 116 valence electrons. The molecule has 1 atom stereocenters. The van der Waals surface area contributed by atoms with Crippen molar-refractivity contribution in [1.29, 1.82) is 0 Å². The molecule has 1 heterocycles. The second-order valence-corrected chi connectivity index (χ2v) is 6.12. The maximum absolute atomic E-state index is 14.0. The Kier molecular flexibility index (Phi) is 4.57. The minimum absolute atomic E-state index is 0.193. The normalized spacial score (nSPS) is 13.9. The Bertz CT molecular complexity index is 637. The summed E-state index contributed by atoms with van der Waals surface area (Å²) >= 11 is 6.25. The number of benzene rings is 1. The molecule has 0 saturated carbocycles. The van der Waals surface area contributed by atoms with Crippen LogP contribution in [0.15, 0.2) is 12.1 Å². The molecule has 1 aromatic heterocycles. The molecular weight excluding hydrogens is 294 g/mol. The summed E-state index contributed by atoms with van der Waals surface area (Å²) in [4.78, 5) is 4.35. The molecule has 0 radical (unpaired) electrons. The van der Waals surface area contributed by atoms with Crippen molar-refractivity contribution in [2.45, 2.75) is 57.9 Å². The van der Waals surface area contributed by atoms with Crippen molar-refractivity contribution in [3.05, 3.63) is 29.6 Å². The van der Waals surface area contributed by atoms with Crippen LogP contribution in [0.1, 0.15) is 58.2 Å². The first-order valence-electron chi connectivity index (χ1n) is 7.42. The number of hydrogen-bond donors (Lipinski definition) is 0. The van der Waals surface area contributed by atoms with Gasteiger partial charge in [-0.25, -0.2) is 13.8 Å². The fourth-order valence-electron chi connectivity index (χ4n) is 3.11. The highest BCUT2D eigenvalue weighted by atomic mass is 35.5. The van der Waals surface area contributed by atoms with E-state index in [0.29, 0.717) is 11.3 Å². The first-order chi connectivity index (χ1) is 9.90. The fourth-order valence-corrected chi connectivity index (χ4v) is 3.26. The van der Waals surface area contributed by atoms with Crippen molar-refractivity contribution in [3.63, 3.8) is 0 Å². The van der Waals surface area contributed by atoms with Crippen molar-refractivity contribution in [2.24, 2.45) is 0 Å². The lowest BCUT2D eigenvalue weighted by Crippen LogP contribution is -2.33. The Balaban J connectivity index is 2.90. The van der Waals surface area contributed by atoms with E-state index in [1.165, 1.54) is 6.07 Å². The largest absolute Gasteiger partial charge is 0.320 e. The molecule has 2 nitrogen and oxygen atoms in total. The molecule has 0 saturated heterocycles. The number of fused-ring (bicyclic) bond motifs is 1. The van der Waals surface area contributed by atoms with Gasteiger partial charge < -0.3 is 4.57 Å². The molecule has 0 N–H and O–H groups in total. The monoisotopic (exact) mass is 314 g/mol. The number of hydrogen-bond acceptors (Lipinski definition) is 1. The minimum atomic E-state index is -0.639. The molecule has 0 aliphatic rings. The van der Waals surface area contributed by atoms with Gasteiger partial charge in [0.05, 0.1) is 10.9 Å². The first-order valence-corrected chi connectivity index (χ1v) is 7.85. The summed E-state index contributed by atoms with van der Waals surface area (Å²) < 4.78 is 29.7. The molecule has 21 heavy (non-hydrogen) atoms. The lowest BCUT2D eigenvalue weighted by molar-refractivity contribution is 0.250. The van der Waals surface area contributed by atoms with E-state index in [4.69, 9.17) is 11.6 Å². The lowest BCUT2D eigenvalue weighted by atomic mass is 9.89. The molecule has 1 unspecified atom stereocenters. The van der Waals surface area contributed by atoms with Gasteiger partial charge >= 0.3 is 0 Å². The van der Waals surface area contributed by atoms with Crippen molar-refractivity contribution in [2.75, 3.05) is 0 Å². The van der Waals surface area contributed by atoms with Crippen LogP contribution >= 0.6 is 11.6 Å². The third-order valence-corrected chi connectivity index (χ3v) is 4.70. The van der Waals surface area contributed by atoms with E-state index in [2.05, 4.69) is 25.8 Å². The molecule has 2 rings (SSSR count). The highest BCUT2D eigenvalue weighted by molar-refractivity contribution is 6.20. The summed E-state index contributed by atoms with van der Waals surface area (Å²) in [7, 11) is 0. The molecule has 0 fully saturated rings. The Morgan fingerprint density at radius 2 is 1.76 bits per heavy atom. The number of rotatable bonds is 5. The first kappa shape index (κ1) is 16.2. The highest BCUT2D eigenvalue weighted by Gasteiger charge is 2.32. The SMILES string of the molecule is CCC(CC)(CC)n1c(C(C)Cl)nc2c(F)cc(F)cc21. The molecule has 2 aromatic rings. The van der Waals surface area contributed by atoms with Crippen LogP contribution in [0.4, 0.5) is 8.78 Å². The molecule has 0 spiro atoms. The van der Waals surface area contributed by atoms with Crippen LogP contribution in [0.3, 0.4) is 0 Å². The molecule has 0 bridgehead atoms. The van der Waals surface area contributed by atoms with Gasteiger partial charge in [-0.2, -0.15) is 0 Å². The Morgan fingerprint density at radius 3 is 2.24 bits per heavy atom. The summed E-state index contributed by atoms with van der Waals surface area (Å²) in [6.45, 7) is 8.05. The molecule has 0 aliphatic carbocycles. The average Bonchev–Trinajstić information content (AvgIpc) is 2.82. The Labute approximate surface area is 129 Å². The fraction of sp³-hybridized carbons (Fsp3) is 0.562. The second kappa shape index (κ2) is 5.91. The number of alkyl halides is 1. The zero-order valence-electron chi connectivity index (χ0n) is 12.9. The van der Waals surface area contributed by atoms with Gasteiger partial charge in [-0.15, -0.1) is 11.6 Å². The predicted molar refractivity (Wildman–Crippen MR) is 82.8 cm³/mol. The van der Waals surface area contributed by atoms with E-state index in [1.807, 2.05) is 4.57 Å². The summed E-state index contributed by atoms with van der Waals surface area (Å²) in [6, 6.07) is 2.22. The number of imidazole rings is 1. The standard InChI is InChI=1S/C16H21ClF2N2/c1-5-16(6-2,7-3)21-13-9-11(18)8-12(19)14(13)20-15(21)10(4)17/h8-10H,5-7H2,1-4H3. The number of aromatic nitrogens is 2. The van der Waals surface area contributed by atoms with Gasteiger partial charge in [0.25, 0.3) is 0 Å². The van der Waals surface area contributed by atoms with Gasteiger partial charge in [-0.05, 0) is 32.3 Å². The van der Waals surface area contributed by atoms with Crippen LogP contribution in [0.25, 0.3) is 11.0 Å². The van der Waals surface area contributed by atoms with Crippen LogP contribution in [-0.4, -0.2) is 9.55 Å². The summed E-state index contributed by atoms with van der Waals surface area (Å²) in [5.74, 6) is -0.631. The van der Waals surface area contributed by atoms with E-state index in [9.17, 15) is 8.78 Å². The predicted octanol–water partition coefficient (Wildman–Crippen LogP) is 5.54. The van der Waals surface area contributed by atoms with Crippen LogP contribution < -0.4 is 0 Å². The third kappa shape index (κ3) is 2.54. The molecule has 5 heteroatoms. The maximum atomic E-state index is 14.0. The van der Waals surface area contributed by atoms with Crippen LogP contribution in [-0.2, 0) is 5.54 Å². The van der Waals surface area contributed by atoms with E-state index in [0.717, 1.165) is 25.3 Å². The summed E-state index contributed by atoms with van der Waals surface area (Å²) in [5.41, 5.74) is 0.451. The Hall–Kier alpha value is -1.16. The van der Waals surface area contributed by atoms with E-state index in [1.54, 1.807) is 6.92 Å². The minimum Gasteiger partial charge on any atom is -0.320 e. The lowest BCUT2D eigenvalue weighted by Gasteiger charge is -2.35. The van der Waals surface area contributed by atoms with Gasteiger partial charge in [0.1, 0.15) is 17.2 Å². The van der Waals surface area contributed by atoms with Gasteiger partial charge in [-0.3, -0.25) is 0 Å². The topological polar surface area (TPSA) is 17.8 Å². The smallest absolute Gasteiger partial charge is 0.153 e. The van der Waals surface area contributed by atoms with E-state index in [-0.39, 0.29) is 16.4 Å². The van der Waals surface area contributed by atoms with E-state index >= 15 is 0 Å². The molecule has 0 aliphatic heterocycles. The third-order valence-electron chi connectivity index (χ3n) is 4.51. The molecule has 1 aromatic carbocycles. The van der Waals surface area contributed by atoms with Crippen molar-refractivity contribution < 1.29 is 8.78 Å². The van der Waals surface area contributed by atoms with Gasteiger partial charge in [-0.1, -0.05) is 20.8 Å². The average molecular weight is 315 g/mol. The quantitative estimate of drug-likeness (QED) is 0.662. The summed E-state index contributed by atoms with van der Waals surface area (Å²) in [5, 5.41) is -0.371. The van der Waals surface area contributed by atoms with Gasteiger partial charge in [0, 0.05) is 11.6 Å². The number of halogens is 3.